The summed E-state index contributed by atoms with van der Waals surface area (Å²) in [5.41, 5.74) is -1.35. The van der Waals surface area contributed by atoms with Gasteiger partial charge < -0.3 is 25.2 Å². The van der Waals surface area contributed by atoms with Crippen LogP contribution in [0.25, 0.3) is 0 Å². The number of carbonyl (C=O) groups is 3. The molecule has 2 atom stereocenters. The van der Waals surface area contributed by atoms with Gasteiger partial charge in [-0.25, -0.2) is 0 Å². The largest absolute Gasteiger partial charge is 1.00 e. The molecule has 0 saturated carbocycles. The van der Waals surface area contributed by atoms with Crippen molar-refractivity contribution in [3.8, 4) is 0 Å². The van der Waals surface area contributed by atoms with Crippen LogP contribution in [0.2, 0.25) is 0 Å². The van der Waals surface area contributed by atoms with Crippen LogP contribution < -0.4 is 40.0 Å². The van der Waals surface area contributed by atoms with Crippen molar-refractivity contribution in [1.82, 2.24) is 10.2 Å². The summed E-state index contributed by atoms with van der Waals surface area (Å²) in [5.74, 6) is -2.68. The molecule has 0 aromatic heterocycles. The molecule has 0 unspecified atom stereocenters. The first-order valence-corrected chi connectivity index (χ1v) is 7.61. The molecule has 1 saturated heterocycles. The minimum absolute atomic E-state index is 0. The summed E-state index contributed by atoms with van der Waals surface area (Å²) in [4.78, 5) is 35.9. The Kier molecular flexibility index (Phi) is 6.51. The Morgan fingerprint density at radius 1 is 1.48 bits per heavy atom. The number of amides is 2. The van der Waals surface area contributed by atoms with E-state index >= 15 is 0 Å². The summed E-state index contributed by atoms with van der Waals surface area (Å²) in [6.07, 6.45) is 1.75. The van der Waals surface area contributed by atoms with Crippen molar-refractivity contribution in [3.63, 3.8) is 0 Å². The first kappa shape index (κ1) is 20.2. The van der Waals surface area contributed by atoms with Gasteiger partial charge in [-0.1, -0.05) is 11.8 Å². The summed E-state index contributed by atoms with van der Waals surface area (Å²) >= 11 is 1.11. The first-order chi connectivity index (χ1) is 10.1. The molecule has 0 aromatic rings. The average Bonchev–Trinajstić information content (AvgIpc) is 2.67. The number of carbonyl (C=O) groups excluding carboxylic acids is 3. The quantitative estimate of drug-likeness (QED) is 0.391. The van der Waals surface area contributed by atoms with Crippen molar-refractivity contribution in [1.29, 1.82) is 0 Å². The van der Waals surface area contributed by atoms with Crippen LogP contribution in [-0.4, -0.2) is 39.4 Å². The Labute approximate surface area is 160 Å². The fourth-order valence-corrected chi connectivity index (χ4v) is 3.67. The third kappa shape index (κ3) is 4.00. The number of rotatable bonds is 5. The molecule has 9 heteroatoms. The zero-order chi connectivity index (χ0) is 16.7. The van der Waals surface area contributed by atoms with Gasteiger partial charge in [0.2, 0.25) is 11.8 Å². The summed E-state index contributed by atoms with van der Waals surface area (Å²) in [6, 6.07) is -0.364. The number of hydrogen-bond donors (Lipinski definition) is 2. The number of fused-ring (bicyclic) bond motifs is 1. The van der Waals surface area contributed by atoms with E-state index in [-0.39, 0.29) is 47.2 Å². The molecular weight excluding hydrogens is 331 g/mol. The van der Waals surface area contributed by atoms with Crippen molar-refractivity contribution in [2.24, 2.45) is 5.92 Å². The van der Waals surface area contributed by atoms with Gasteiger partial charge in [0.05, 0.1) is 29.2 Å². The van der Waals surface area contributed by atoms with Gasteiger partial charge in [-0.15, -0.1) is 0 Å². The second-order valence-corrected chi connectivity index (χ2v) is 6.79. The molecule has 2 aliphatic rings. The second kappa shape index (κ2) is 7.40. The molecule has 120 valence electrons. The predicted octanol–water partition coefficient (Wildman–Crippen LogP) is -3.71. The van der Waals surface area contributed by atoms with Gasteiger partial charge in [-0.05, 0) is 19.3 Å². The normalized spacial score (nSPS) is 23.5. The standard InChI is InChI=1S/C14H18N2O5S.Na/c1-7(17)15-4-5-22-9-6-8-10(14(2,3)21)12(18)16(8)11(9)13(19)20;/h4-5,8,10,21H,6H2,1-3H3,(H,15,17)(H,19,20);/q;+1/p-1/b5-4+;/t8-,10+;/m1./s1. The Bertz CT molecular complexity index is 596. The molecule has 0 aromatic carbocycles. The smallest absolute Gasteiger partial charge is 0.543 e. The van der Waals surface area contributed by atoms with E-state index in [0.29, 0.717) is 11.3 Å². The SMILES string of the molecule is CC(=O)N/C=C/SC1=C(C(=O)[O-])N2C(=O)[C@@H](C(C)(C)O)[C@H]2C1.[Na+]. The number of thioether (sulfide) groups is 1. The van der Waals surface area contributed by atoms with E-state index in [4.69, 9.17) is 0 Å². The maximum Gasteiger partial charge on any atom is 1.00 e. The minimum atomic E-state index is -1.42. The van der Waals surface area contributed by atoms with Crippen LogP contribution >= 0.6 is 11.8 Å². The fourth-order valence-electron chi connectivity index (χ4n) is 2.81. The van der Waals surface area contributed by atoms with E-state index < -0.39 is 23.4 Å². The van der Waals surface area contributed by atoms with Crippen LogP contribution in [0.5, 0.6) is 0 Å². The number of carboxylic acids is 1. The molecule has 1 fully saturated rings. The molecule has 2 rings (SSSR count). The number of β-lactam (4-membered cyclic amide) rings is 1. The number of nitrogens with zero attached hydrogens (tertiary/aromatic N) is 1. The van der Waals surface area contributed by atoms with Crippen molar-refractivity contribution in [2.75, 3.05) is 0 Å². The first-order valence-electron chi connectivity index (χ1n) is 6.73. The average molecular weight is 348 g/mol. The molecule has 2 N–H and O–H groups in total. The molecule has 0 bridgehead atoms. The van der Waals surface area contributed by atoms with Gasteiger partial charge in [-0.3, -0.25) is 9.59 Å². The summed E-state index contributed by atoms with van der Waals surface area (Å²) in [5, 5.41) is 25.3. The van der Waals surface area contributed by atoms with Crippen molar-refractivity contribution >= 4 is 29.5 Å². The van der Waals surface area contributed by atoms with Gasteiger partial charge in [0.15, 0.2) is 0 Å². The van der Waals surface area contributed by atoms with Crippen LogP contribution in [0, 0.1) is 5.92 Å². The number of aliphatic carboxylic acids is 1. The van der Waals surface area contributed by atoms with Crippen molar-refractivity contribution in [3.05, 3.63) is 22.2 Å². The van der Waals surface area contributed by atoms with Crippen LogP contribution in [0.4, 0.5) is 0 Å². The van der Waals surface area contributed by atoms with E-state index in [1.54, 1.807) is 0 Å². The van der Waals surface area contributed by atoms with E-state index in [9.17, 15) is 24.6 Å². The van der Waals surface area contributed by atoms with Gasteiger partial charge >= 0.3 is 29.6 Å². The van der Waals surface area contributed by atoms with Gasteiger partial charge in [-0.2, -0.15) is 0 Å². The van der Waals surface area contributed by atoms with E-state index in [1.807, 2.05) is 0 Å². The van der Waals surface area contributed by atoms with Crippen LogP contribution in [0.3, 0.4) is 0 Å². The van der Waals surface area contributed by atoms with Crippen molar-refractivity contribution < 1.29 is 54.2 Å². The molecular formula is C14H17N2NaO5S. The van der Waals surface area contributed by atoms with E-state index in [1.165, 1.54) is 37.3 Å². The fraction of sp³-hybridized carbons (Fsp3) is 0.500. The second-order valence-electron chi connectivity index (χ2n) is 5.79. The zero-order valence-corrected chi connectivity index (χ0v) is 16.3. The molecule has 0 spiro atoms. The number of aliphatic hydroxyl groups is 1. The maximum absolute atomic E-state index is 12.1. The maximum atomic E-state index is 12.1. The Morgan fingerprint density at radius 2 is 2.09 bits per heavy atom. The Hall–Kier alpha value is -0.800. The summed E-state index contributed by atoms with van der Waals surface area (Å²) in [6.45, 7) is 4.43. The molecule has 0 aliphatic carbocycles. The van der Waals surface area contributed by atoms with Crippen LogP contribution in [0.15, 0.2) is 22.2 Å². The van der Waals surface area contributed by atoms with Gasteiger partial charge in [0, 0.05) is 24.4 Å². The van der Waals surface area contributed by atoms with E-state index in [2.05, 4.69) is 5.32 Å². The van der Waals surface area contributed by atoms with Gasteiger partial charge in [0.1, 0.15) is 0 Å². The predicted molar refractivity (Wildman–Crippen MR) is 77.6 cm³/mol. The third-order valence-electron chi connectivity index (χ3n) is 3.64. The molecule has 2 aliphatic heterocycles. The molecule has 7 nitrogen and oxygen atoms in total. The summed E-state index contributed by atoms with van der Waals surface area (Å²) < 4.78 is 0. The Balaban J connectivity index is 0.00000264. The van der Waals surface area contributed by atoms with Crippen LogP contribution in [-0.2, 0) is 14.4 Å². The number of carboxylic acid groups (broad SMARTS) is 1. The molecule has 2 heterocycles. The molecule has 23 heavy (non-hydrogen) atoms. The van der Waals surface area contributed by atoms with Gasteiger partial charge in [0.25, 0.3) is 0 Å². The summed E-state index contributed by atoms with van der Waals surface area (Å²) in [7, 11) is 0. The Morgan fingerprint density at radius 3 is 2.57 bits per heavy atom. The zero-order valence-electron chi connectivity index (χ0n) is 13.5. The number of nitrogens with one attached hydrogen (secondary N) is 1. The topological polar surface area (TPSA) is 110 Å². The number of hydrogen-bond acceptors (Lipinski definition) is 6. The molecule has 2 amide bonds. The minimum Gasteiger partial charge on any atom is -0.543 e. The molecule has 0 radical (unpaired) electrons. The third-order valence-corrected chi connectivity index (χ3v) is 4.56. The van der Waals surface area contributed by atoms with Crippen molar-refractivity contribution in [2.45, 2.75) is 38.8 Å². The van der Waals surface area contributed by atoms with E-state index in [0.717, 1.165) is 11.8 Å². The van der Waals surface area contributed by atoms with Crippen LogP contribution in [0.1, 0.15) is 27.2 Å². The monoisotopic (exact) mass is 348 g/mol.